The van der Waals surface area contributed by atoms with E-state index in [9.17, 15) is 5.11 Å². The highest BCUT2D eigenvalue weighted by Gasteiger charge is 2.25. The number of likely N-dealkylation sites (N-methyl/N-ethyl adjacent to an activating group) is 1. The van der Waals surface area contributed by atoms with Crippen molar-refractivity contribution in [1.29, 1.82) is 0 Å². The van der Waals surface area contributed by atoms with Crippen LogP contribution in [0.4, 0.5) is 0 Å². The van der Waals surface area contributed by atoms with Gasteiger partial charge in [0.1, 0.15) is 18.5 Å². The van der Waals surface area contributed by atoms with Crippen LogP contribution in [0.2, 0.25) is 0 Å². The van der Waals surface area contributed by atoms with Crippen molar-refractivity contribution in [3.63, 3.8) is 0 Å². The number of nitrogens with two attached hydrogens (primary N) is 1. The largest absolute Gasteiger partial charge is 0.491 e. The minimum absolute atomic E-state index is 0.182. The fraction of sp³-hybridized carbons (Fsp3) is 0.647. The second-order valence-corrected chi connectivity index (χ2v) is 6.76. The fourth-order valence-electron chi connectivity index (χ4n) is 2.20. The second-order valence-electron chi connectivity index (χ2n) is 6.76. The topological polar surface area (TPSA) is 58.7 Å². The zero-order valence-electron chi connectivity index (χ0n) is 14.0. The van der Waals surface area contributed by atoms with Gasteiger partial charge in [-0.25, -0.2) is 0 Å². The maximum Gasteiger partial charge on any atom is 0.123 e. The number of ether oxygens (including phenoxy) is 1. The number of hydrogen-bond donors (Lipinski definition) is 2. The lowest BCUT2D eigenvalue weighted by atomic mass is 9.87. The first-order chi connectivity index (χ1) is 9.75. The van der Waals surface area contributed by atoms with Gasteiger partial charge in [-0.2, -0.15) is 0 Å². The van der Waals surface area contributed by atoms with Crippen LogP contribution in [-0.2, 0) is 6.54 Å². The lowest BCUT2D eigenvalue weighted by Crippen LogP contribution is -2.44. The summed E-state index contributed by atoms with van der Waals surface area (Å²) in [5.74, 6) is 0.755. The van der Waals surface area contributed by atoms with E-state index in [1.807, 2.05) is 31.3 Å². The summed E-state index contributed by atoms with van der Waals surface area (Å²) in [6.07, 6.45) is -0.523. The van der Waals surface area contributed by atoms with Gasteiger partial charge in [0.2, 0.25) is 0 Å². The molecule has 4 heteroatoms. The van der Waals surface area contributed by atoms with Crippen LogP contribution in [0, 0.1) is 5.41 Å². The van der Waals surface area contributed by atoms with Crippen LogP contribution in [0.3, 0.4) is 0 Å². The van der Waals surface area contributed by atoms with E-state index in [0.717, 1.165) is 11.3 Å². The normalized spacial score (nSPS) is 15.0. The summed E-state index contributed by atoms with van der Waals surface area (Å²) in [4.78, 5) is 2.17. The predicted molar refractivity (Wildman–Crippen MR) is 87.4 cm³/mol. The van der Waals surface area contributed by atoms with E-state index in [4.69, 9.17) is 10.5 Å². The Bertz CT molecular complexity index is 429. The summed E-state index contributed by atoms with van der Waals surface area (Å²) in [5, 5.41) is 10.2. The van der Waals surface area contributed by atoms with Crippen molar-refractivity contribution >= 4 is 0 Å². The van der Waals surface area contributed by atoms with Gasteiger partial charge in [-0.05, 0) is 25.5 Å². The summed E-state index contributed by atoms with van der Waals surface area (Å²) in [5.41, 5.74) is 6.82. The number of hydrogen-bond acceptors (Lipinski definition) is 4. The van der Waals surface area contributed by atoms with Gasteiger partial charge in [0.25, 0.3) is 0 Å². The fourth-order valence-corrected chi connectivity index (χ4v) is 2.20. The second kappa shape index (κ2) is 7.78. The molecule has 2 atom stereocenters. The van der Waals surface area contributed by atoms with E-state index in [1.54, 1.807) is 0 Å². The zero-order valence-corrected chi connectivity index (χ0v) is 14.0. The summed E-state index contributed by atoms with van der Waals surface area (Å²) in [7, 11) is 2.03. The maximum absolute atomic E-state index is 10.2. The van der Waals surface area contributed by atoms with Gasteiger partial charge < -0.3 is 20.5 Å². The molecule has 3 N–H and O–H groups in total. The molecule has 0 aromatic heterocycles. The molecule has 0 spiro atoms. The van der Waals surface area contributed by atoms with Crippen LogP contribution in [0.15, 0.2) is 24.3 Å². The van der Waals surface area contributed by atoms with E-state index in [1.165, 1.54) is 0 Å². The van der Waals surface area contributed by atoms with E-state index in [0.29, 0.717) is 19.1 Å². The Hall–Kier alpha value is -1.10. The van der Waals surface area contributed by atoms with Gasteiger partial charge in [-0.15, -0.1) is 0 Å². The van der Waals surface area contributed by atoms with Gasteiger partial charge in [0, 0.05) is 24.7 Å². The monoisotopic (exact) mass is 294 g/mol. The minimum atomic E-state index is -0.523. The molecular formula is C17H30N2O2. The van der Waals surface area contributed by atoms with E-state index < -0.39 is 6.10 Å². The van der Waals surface area contributed by atoms with Crippen LogP contribution in [-0.4, -0.2) is 42.4 Å². The molecule has 0 amide bonds. The Balaban J connectivity index is 2.49. The third-order valence-corrected chi connectivity index (χ3v) is 4.04. The van der Waals surface area contributed by atoms with Gasteiger partial charge in [-0.3, -0.25) is 0 Å². The molecule has 0 saturated heterocycles. The molecule has 0 fully saturated rings. The summed E-state index contributed by atoms with van der Waals surface area (Å²) >= 11 is 0. The number of nitrogens with zero attached hydrogens (tertiary/aromatic N) is 1. The van der Waals surface area contributed by atoms with Gasteiger partial charge in [-0.1, -0.05) is 39.0 Å². The van der Waals surface area contributed by atoms with E-state index in [2.05, 4.69) is 32.6 Å². The minimum Gasteiger partial charge on any atom is -0.491 e. The molecule has 0 aliphatic carbocycles. The molecule has 1 aromatic rings. The predicted octanol–water partition coefficient (Wildman–Crippen LogP) is 2.25. The first-order valence-electron chi connectivity index (χ1n) is 7.54. The molecule has 0 aliphatic rings. The molecule has 4 nitrogen and oxygen atoms in total. The van der Waals surface area contributed by atoms with Crippen molar-refractivity contribution in [3.8, 4) is 5.75 Å². The lowest BCUT2D eigenvalue weighted by molar-refractivity contribution is 0.0440. The first-order valence-corrected chi connectivity index (χ1v) is 7.54. The number of rotatable bonds is 7. The first kappa shape index (κ1) is 18.0. The number of benzene rings is 1. The molecule has 1 rings (SSSR count). The van der Waals surface area contributed by atoms with Crippen molar-refractivity contribution in [3.05, 3.63) is 29.8 Å². The molecule has 120 valence electrons. The van der Waals surface area contributed by atoms with Crippen molar-refractivity contribution in [1.82, 2.24) is 4.90 Å². The van der Waals surface area contributed by atoms with Crippen LogP contribution in [0.5, 0.6) is 5.75 Å². The SMILES string of the molecule is CC(N(C)CC(O)COc1ccccc1CN)C(C)(C)C. The average molecular weight is 294 g/mol. The molecule has 0 aliphatic heterocycles. The molecule has 0 bridgehead atoms. The highest BCUT2D eigenvalue weighted by atomic mass is 16.5. The molecule has 1 aromatic carbocycles. The van der Waals surface area contributed by atoms with Gasteiger partial charge in [0.15, 0.2) is 0 Å². The van der Waals surface area contributed by atoms with Crippen LogP contribution < -0.4 is 10.5 Å². The number of para-hydroxylation sites is 1. The third-order valence-electron chi connectivity index (χ3n) is 4.04. The van der Waals surface area contributed by atoms with Gasteiger partial charge in [0.05, 0.1) is 0 Å². The van der Waals surface area contributed by atoms with Crippen molar-refractivity contribution in [2.75, 3.05) is 20.2 Å². The van der Waals surface area contributed by atoms with Crippen molar-refractivity contribution < 1.29 is 9.84 Å². The quantitative estimate of drug-likeness (QED) is 0.810. The highest BCUT2D eigenvalue weighted by molar-refractivity contribution is 5.32. The average Bonchev–Trinajstić information content (AvgIpc) is 2.43. The Morgan fingerprint density at radius 1 is 1.29 bits per heavy atom. The molecule has 0 radical (unpaired) electrons. The molecule has 21 heavy (non-hydrogen) atoms. The number of aliphatic hydroxyl groups excluding tert-OH is 1. The Morgan fingerprint density at radius 3 is 2.48 bits per heavy atom. The molecular weight excluding hydrogens is 264 g/mol. The van der Waals surface area contributed by atoms with E-state index in [-0.39, 0.29) is 12.0 Å². The van der Waals surface area contributed by atoms with Crippen molar-refractivity contribution in [2.24, 2.45) is 11.1 Å². The third kappa shape index (κ3) is 5.65. The Morgan fingerprint density at radius 2 is 1.90 bits per heavy atom. The maximum atomic E-state index is 10.2. The van der Waals surface area contributed by atoms with Crippen molar-refractivity contribution in [2.45, 2.75) is 46.4 Å². The van der Waals surface area contributed by atoms with Crippen LogP contribution in [0.1, 0.15) is 33.3 Å². The Kier molecular flexibility index (Phi) is 6.65. The molecule has 0 saturated carbocycles. The van der Waals surface area contributed by atoms with Crippen LogP contribution >= 0.6 is 0 Å². The zero-order chi connectivity index (χ0) is 16.0. The smallest absolute Gasteiger partial charge is 0.123 e. The summed E-state index contributed by atoms with van der Waals surface area (Å²) in [6.45, 7) is 10.1. The lowest BCUT2D eigenvalue weighted by Gasteiger charge is -2.36. The standard InChI is InChI=1S/C17H30N2O2/c1-13(17(2,3)4)19(5)11-15(20)12-21-16-9-7-6-8-14(16)10-18/h6-9,13,15,20H,10-12,18H2,1-5H3. The highest BCUT2D eigenvalue weighted by Crippen LogP contribution is 2.23. The van der Waals surface area contributed by atoms with E-state index >= 15 is 0 Å². The number of aliphatic hydroxyl groups is 1. The summed E-state index contributed by atoms with van der Waals surface area (Å²) in [6, 6.07) is 8.05. The van der Waals surface area contributed by atoms with Gasteiger partial charge >= 0.3 is 0 Å². The van der Waals surface area contributed by atoms with Crippen LogP contribution in [0.25, 0.3) is 0 Å². The Labute approximate surface area is 128 Å². The summed E-state index contributed by atoms with van der Waals surface area (Å²) < 4.78 is 5.70. The molecule has 0 heterocycles. The molecule has 2 unspecified atom stereocenters.